The SMILES string of the molecule is CN(C)c1ncc(CNCc2cscn2)s1.Cl. The van der Waals surface area contributed by atoms with E-state index >= 15 is 0 Å². The van der Waals surface area contributed by atoms with Crippen molar-refractivity contribution < 1.29 is 0 Å². The zero-order valence-corrected chi connectivity index (χ0v) is 12.2. The summed E-state index contributed by atoms with van der Waals surface area (Å²) in [5, 5.41) is 6.46. The lowest BCUT2D eigenvalue weighted by Gasteiger charge is -2.05. The number of hydrogen-bond acceptors (Lipinski definition) is 6. The lowest BCUT2D eigenvalue weighted by atomic mass is 10.4. The highest BCUT2D eigenvalue weighted by atomic mass is 35.5. The molecule has 0 aliphatic heterocycles. The molecule has 94 valence electrons. The van der Waals surface area contributed by atoms with Crippen molar-refractivity contribution in [1.29, 1.82) is 0 Å². The Morgan fingerprint density at radius 2 is 2.12 bits per heavy atom. The van der Waals surface area contributed by atoms with E-state index in [-0.39, 0.29) is 12.4 Å². The van der Waals surface area contributed by atoms with Gasteiger partial charge in [-0.25, -0.2) is 9.97 Å². The molecule has 17 heavy (non-hydrogen) atoms. The fourth-order valence-corrected chi connectivity index (χ4v) is 2.58. The Bertz CT molecular complexity index is 427. The van der Waals surface area contributed by atoms with E-state index < -0.39 is 0 Å². The molecule has 2 heterocycles. The van der Waals surface area contributed by atoms with Crippen molar-refractivity contribution in [1.82, 2.24) is 15.3 Å². The van der Waals surface area contributed by atoms with Crippen molar-refractivity contribution >= 4 is 40.2 Å². The van der Waals surface area contributed by atoms with Gasteiger partial charge in [0.05, 0.1) is 11.2 Å². The van der Waals surface area contributed by atoms with Gasteiger partial charge in [-0.05, 0) is 0 Å². The van der Waals surface area contributed by atoms with E-state index in [0.717, 1.165) is 23.9 Å². The molecule has 2 aromatic rings. The maximum atomic E-state index is 4.32. The lowest BCUT2D eigenvalue weighted by molar-refractivity contribution is 0.689. The number of aromatic nitrogens is 2. The van der Waals surface area contributed by atoms with Crippen LogP contribution in [0.4, 0.5) is 5.13 Å². The predicted molar refractivity (Wildman–Crippen MR) is 76.3 cm³/mol. The second-order valence-electron chi connectivity index (χ2n) is 3.59. The number of nitrogens with one attached hydrogen (secondary N) is 1. The van der Waals surface area contributed by atoms with Gasteiger partial charge in [0.2, 0.25) is 0 Å². The number of hydrogen-bond donors (Lipinski definition) is 1. The van der Waals surface area contributed by atoms with Gasteiger partial charge in [-0.15, -0.1) is 35.1 Å². The van der Waals surface area contributed by atoms with Gasteiger partial charge < -0.3 is 10.2 Å². The first-order valence-corrected chi connectivity index (χ1v) is 6.71. The second kappa shape index (κ2) is 6.90. The number of anilines is 1. The number of rotatable bonds is 5. The third kappa shape index (κ3) is 4.23. The van der Waals surface area contributed by atoms with Crippen LogP contribution in [-0.4, -0.2) is 24.1 Å². The molecule has 2 rings (SSSR count). The lowest BCUT2D eigenvalue weighted by Crippen LogP contribution is -2.11. The summed E-state index contributed by atoms with van der Waals surface area (Å²) in [4.78, 5) is 11.8. The van der Waals surface area contributed by atoms with Gasteiger partial charge in [-0.3, -0.25) is 0 Å². The number of halogens is 1. The van der Waals surface area contributed by atoms with Gasteiger partial charge in [0.1, 0.15) is 0 Å². The largest absolute Gasteiger partial charge is 0.354 e. The van der Waals surface area contributed by atoms with E-state index in [1.54, 1.807) is 22.7 Å². The van der Waals surface area contributed by atoms with Crippen molar-refractivity contribution in [3.05, 3.63) is 27.7 Å². The minimum atomic E-state index is 0. The summed E-state index contributed by atoms with van der Waals surface area (Å²) in [6.45, 7) is 1.67. The highest BCUT2D eigenvalue weighted by Gasteiger charge is 2.03. The zero-order valence-electron chi connectivity index (χ0n) is 9.71. The Kier molecular flexibility index (Phi) is 5.84. The Balaban J connectivity index is 0.00000144. The average Bonchev–Trinajstić information content (AvgIpc) is 2.87. The third-order valence-corrected chi connectivity index (χ3v) is 3.81. The molecule has 0 amide bonds. The molecule has 0 aromatic carbocycles. The highest BCUT2D eigenvalue weighted by molar-refractivity contribution is 7.15. The molecule has 7 heteroatoms. The molecule has 0 unspecified atom stereocenters. The van der Waals surface area contributed by atoms with Crippen molar-refractivity contribution in [2.45, 2.75) is 13.1 Å². The molecular formula is C10H15ClN4S2. The summed E-state index contributed by atoms with van der Waals surface area (Å²) in [5.41, 5.74) is 2.95. The topological polar surface area (TPSA) is 41.1 Å². The number of thiazole rings is 2. The first-order valence-electron chi connectivity index (χ1n) is 4.95. The van der Waals surface area contributed by atoms with Gasteiger partial charge in [0.15, 0.2) is 5.13 Å². The molecule has 0 fully saturated rings. The first-order chi connectivity index (χ1) is 7.75. The summed E-state index contributed by atoms with van der Waals surface area (Å²) in [6, 6.07) is 0. The van der Waals surface area contributed by atoms with Crippen LogP contribution in [0.1, 0.15) is 10.6 Å². The minimum Gasteiger partial charge on any atom is -0.354 e. The minimum absolute atomic E-state index is 0. The Labute approximate surface area is 115 Å². The quantitative estimate of drug-likeness (QED) is 0.918. The van der Waals surface area contributed by atoms with Crippen molar-refractivity contribution in [2.24, 2.45) is 0 Å². The molecule has 0 bridgehead atoms. The summed E-state index contributed by atoms with van der Waals surface area (Å²) in [5.74, 6) is 0. The van der Waals surface area contributed by atoms with Crippen LogP contribution in [0, 0.1) is 0 Å². The standard InChI is InChI=1S/C10H14N4S2.ClH/c1-14(2)10-12-5-9(16-10)4-11-3-8-6-15-7-13-8;/h5-7,11H,3-4H2,1-2H3;1H. The van der Waals surface area contributed by atoms with E-state index in [0.29, 0.717) is 0 Å². The van der Waals surface area contributed by atoms with Crippen LogP contribution in [0.5, 0.6) is 0 Å². The average molecular weight is 291 g/mol. The van der Waals surface area contributed by atoms with Gasteiger partial charge >= 0.3 is 0 Å². The van der Waals surface area contributed by atoms with Crippen LogP contribution in [0.2, 0.25) is 0 Å². The summed E-state index contributed by atoms with van der Waals surface area (Å²) in [7, 11) is 4.01. The van der Waals surface area contributed by atoms with Crippen LogP contribution < -0.4 is 10.2 Å². The van der Waals surface area contributed by atoms with E-state index in [1.807, 2.05) is 30.7 Å². The van der Waals surface area contributed by atoms with E-state index in [1.165, 1.54) is 4.88 Å². The van der Waals surface area contributed by atoms with Crippen molar-refractivity contribution in [2.75, 3.05) is 19.0 Å². The fraction of sp³-hybridized carbons (Fsp3) is 0.400. The maximum absolute atomic E-state index is 4.32. The third-order valence-electron chi connectivity index (χ3n) is 2.01. The monoisotopic (exact) mass is 290 g/mol. The summed E-state index contributed by atoms with van der Waals surface area (Å²) in [6.07, 6.45) is 1.92. The fourth-order valence-electron chi connectivity index (χ4n) is 1.22. The van der Waals surface area contributed by atoms with Crippen LogP contribution in [-0.2, 0) is 13.1 Å². The molecule has 0 aliphatic rings. The molecule has 0 radical (unpaired) electrons. The molecule has 4 nitrogen and oxygen atoms in total. The summed E-state index contributed by atoms with van der Waals surface area (Å²) < 4.78 is 0. The van der Waals surface area contributed by atoms with Crippen LogP contribution in [0.3, 0.4) is 0 Å². The zero-order chi connectivity index (χ0) is 11.4. The smallest absolute Gasteiger partial charge is 0.185 e. The molecule has 2 aromatic heterocycles. The second-order valence-corrected chi connectivity index (χ2v) is 5.40. The Morgan fingerprint density at radius 3 is 2.71 bits per heavy atom. The van der Waals surface area contributed by atoms with Gasteiger partial charge in [0, 0.05) is 43.6 Å². The first kappa shape index (κ1) is 14.4. The van der Waals surface area contributed by atoms with E-state index in [4.69, 9.17) is 0 Å². The Hall–Kier alpha value is -0.690. The van der Waals surface area contributed by atoms with Crippen molar-refractivity contribution in [3.63, 3.8) is 0 Å². The molecule has 0 atom stereocenters. The molecule has 0 aliphatic carbocycles. The maximum Gasteiger partial charge on any atom is 0.185 e. The normalized spacial score (nSPS) is 10.0. The van der Waals surface area contributed by atoms with E-state index in [2.05, 4.69) is 20.7 Å². The Morgan fingerprint density at radius 1 is 1.29 bits per heavy atom. The summed E-state index contributed by atoms with van der Waals surface area (Å²) >= 11 is 3.34. The molecule has 0 spiro atoms. The van der Waals surface area contributed by atoms with Gasteiger partial charge in [-0.1, -0.05) is 0 Å². The highest BCUT2D eigenvalue weighted by Crippen LogP contribution is 2.19. The van der Waals surface area contributed by atoms with Gasteiger partial charge in [-0.2, -0.15) is 0 Å². The van der Waals surface area contributed by atoms with Gasteiger partial charge in [0.25, 0.3) is 0 Å². The number of nitrogens with zero attached hydrogens (tertiary/aromatic N) is 3. The molecule has 1 N–H and O–H groups in total. The van der Waals surface area contributed by atoms with Crippen LogP contribution in [0.15, 0.2) is 17.1 Å². The van der Waals surface area contributed by atoms with E-state index in [9.17, 15) is 0 Å². The molecular weight excluding hydrogens is 276 g/mol. The van der Waals surface area contributed by atoms with Crippen LogP contribution in [0.25, 0.3) is 0 Å². The molecule has 0 saturated carbocycles. The van der Waals surface area contributed by atoms with Crippen molar-refractivity contribution in [3.8, 4) is 0 Å². The predicted octanol–water partition coefficient (Wildman–Crippen LogP) is 2.38. The molecule has 0 saturated heterocycles. The van der Waals surface area contributed by atoms with Crippen LogP contribution >= 0.6 is 35.1 Å².